The zero-order valence-corrected chi connectivity index (χ0v) is 15.1. The third-order valence-corrected chi connectivity index (χ3v) is 4.98. The molecule has 1 rings (SSSR count). The number of unbranched alkanes of at least 4 members (excludes halogenated alkanes) is 11. The lowest BCUT2D eigenvalue weighted by Crippen LogP contribution is -2.44. The summed E-state index contributed by atoms with van der Waals surface area (Å²) in [5.74, 6) is 0.299. The van der Waals surface area contributed by atoms with Crippen molar-refractivity contribution in [1.82, 2.24) is 0 Å². The van der Waals surface area contributed by atoms with Crippen LogP contribution in [0.4, 0.5) is 0 Å². The summed E-state index contributed by atoms with van der Waals surface area (Å²) in [5.41, 5.74) is 0. The van der Waals surface area contributed by atoms with Gasteiger partial charge in [0.1, 0.15) is 6.10 Å². The molecule has 1 heterocycles. The highest BCUT2D eigenvalue weighted by atomic mass is 16.6. The van der Waals surface area contributed by atoms with Crippen LogP contribution in [0.3, 0.4) is 0 Å². The Kier molecular flexibility index (Phi) is 11.5. The van der Waals surface area contributed by atoms with Crippen LogP contribution in [0, 0.1) is 5.92 Å². The highest BCUT2D eigenvalue weighted by Crippen LogP contribution is 2.31. The Morgan fingerprint density at radius 1 is 0.682 bits per heavy atom. The first-order valence-corrected chi connectivity index (χ1v) is 10.00. The minimum Gasteiger partial charge on any atom is -0.461 e. The molecule has 0 aromatic rings. The monoisotopic (exact) mass is 310 g/mol. The van der Waals surface area contributed by atoms with Crippen molar-refractivity contribution in [3.63, 3.8) is 0 Å². The quantitative estimate of drug-likeness (QED) is 0.258. The molecular formula is C20H38O2. The minimum atomic E-state index is 0.0708. The highest BCUT2D eigenvalue weighted by Gasteiger charge is 2.40. The largest absolute Gasteiger partial charge is 0.461 e. The molecule has 130 valence electrons. The molecular weight excluding hydrogens is 272 g/mol. The molecule has 1 aliphatic rings. The number of carbonyl (C=O) groups excluding carboxylic acids is 1. The van der Waals surface area contributed by atoms with Crippen LogP contribution in [-0.2, 0) is 9.53 Å². The van der Waals surface area contributed by atoms with Gasteiger partial charge in [0.25, 0.3) is 0 Å². The molecule has 0 spiro atoms. The molecule has 22 heavy (non-hydrogen) atoms. The van der Waals surface area contributed by atoms with E-state index in [1.165, 1.54) is 83.5 Å². The maximum Gasteiger partial charge on any atom is 0.313 e. The van der Waals surface area contributed by atoms with Gasteiger partial charge in [-0.15, -0.1) is 0 Å². The van der Waals surface area contributed by atoms with Gasteiger partial charge in [0.05, 0.1) is 5.92 Å². The van der Waals surface area contributed by atoms with Crippen LogP contribution in [0.2, 0.25) is 0 Å². The van der Waals surface area contributed by atoms with Crippen LogP contribution in [0.1, 0.15) is 110 Å². The summed E-state index contributed by atoms with van der Waals surface area (Å²) in [7, 11) is 0. The highest BCUT2D eigenvalue weighted by molar-refractivity contribution is 5.78. The second-order valence-corrected chi connectivity index (χ2v) is 7.05. The van der Waals surface area contributed by atoms with E-state index >= 15 is 0 Å². The van der Waals surface area contributed by atoms with E-state index < -0.39 is 0 Å². The fourth-order valence-corrected chi connectivity index (χ4v) is 3.41. The van der Waals surface area contributed by atoms with Crippen LogP contribution in [0.15, 0.2) is 0 Å². The second-order valence-electron chi connectivity index (χ2n) is 7.05. The van der Waals surface area contributed by atoms with E-state index in [0.29, 0.717) is 0 Å². The molecule has 2 nitrogen and oxygen atoms in total. The molecule has 0 unspecified atom stereocenters. The lowest BCUT2D eigenvalue weighted by atomic mass is 9.87. The maximum absolute atomic E-state index is 11.6. The van der Waals surface area contributed by atoms with E-state index in [4.69, 9.17) is 4.74 Å². The number of hydrogen-bond donors (Lipinski definition) is 0. The van der Waals surface area contributed by atoms with Gasteiger partial charge < -0.3 is 4.74 Å². The maximum atomic E-state index is 11.6. The van der Waals surface area contributed by atoms with Gasteiger partial charge in [-0.2, -0.15) is 0 Å². The number of hydrogen-bond acceptors (Lipinski definition) is 2. The predicted molar refractivity (Wildman–Crippen MR) is 94.0 cm³/mol. The first-order valence-electron chi connectivity index (χ1n) is 10.00. The Hall–Kier alpha value is -0.530. The summed E-state index contributed by atoms with van der Waals surface area (Å²) in [5, 5.41) is 0. The standard InChI is InChI=1S/C20H38O2/c1-3-5-7-9-11-13-15-17-19-18(20(21)22-19)16-14-12-10-8-6-4-2/h18-19H,3-17H2,1-2H3/t18-,19-/m1/s1. The molecule has 0 aromatic carbocycles. The van der Waals surface area contributed by atoms with Crippen LogP contribution in [0.5, 0.6) is 0 Å². The van der Waals surface area contributed by atoms with E-state index in [1.807, 2.05) is 0 Å². The van der Waals surface area contributed by atoms with E-state index in [1.54, 1.807) is 0 Å². The van der Waals surface area contributed by atoms with Crippen molar-refractivity contribution in [2.75, 3.05) is 0 Å². The summed E-state index contributed by atoms with van der Waals surface area (Å²) in [4.78, 5) is 11.6. The SMILES string of the molecule is CCCCCCCCC[C@H]1OC(=O)[C@@H]1CCCCCCCC. The minimum absolute atomic E-state index is 0.0708. The molecule has 2 heteroatoms. The summed E-state index contributed by atoms with van der Waals surface area (Å²) < 4.78 is 5.35. The lowest BCUT2D eigenvalue weighted by molar-refractivity contribution is -0.186. The third-order valence-electron chi connectivity index (χ3n) is 4.98. The summed E-state index contributed by atoms with van der Waals surface area (Å²) >= 11 is 0. The van der Waals surface area contributed by atoms with Crippen LogP contribution in [-0.4, -0.2) is 12.1 Å². The second kappa shape index (κ2) is 13.0. The number of cyclic esters (lactones) is 1. The predicted octanol–water partition coefficient (Wildman–Crippen LogP) is 6.42. The van der Waals surface area contributed by atoms with E-state index in [2.05, 4.69) is 13.8 Å². The van der Waals surface area contributed by atoms with Crippen molar-refractivity contribution in [1.29, 1.82) is 0 Å². The molecule has 0 amide bonds. The Morgan fingerprint density at radius 2 is 1.14 bits per heavy atom. The van der Waals surface area contributed by atoms with Crippen molar-refractivity contribution < 1.29 is 9.53 Å². The summed E-state index contributed by atoms with van der Waals surface area (Å²) in [6.45, 7) is 4.51. The Balaban J connectivity index is 1.96. The van der Waals surface area contributed by atoms with Gasteiger partial charge in [-0.1, -0.05) is 90.9 Å². The van der Waals surface area contributed by atoms with Crippen molar-refractivity contribution in [2.24, 2.45) is 5.92 Å². The Labute approximate surface area is 138 Å². The van der Waals surface area contributed by atoms with Gasteiger partial charge in [-0.25, -0.2) is 0 Å². The van der Waals surface area contributed by atoms with Crippen molar-refractivity contribution in [3.05, 3.63) is 0 Å². The van der Waals surface area contributed by atoms with Crippen LogP contribution < -0.4 is 0 Å². The molecule has 0 saturated carbocycles. The van der Waals surface area contributed by atoms with Gasteiger partial charge in [-0.3, -0.25) is 4.79 Å². The first-order chi connectivity index (χ1) is 10.8. The Morgan fingerprint density at radius 3 is 1.64 bits per heavy atom. The van der Waals surface area contributed by atoms with Crippen molar-refractivity contribution in [3.8, 4) is 0 Å². The third kappa shape index (κ3) is 8.19. The molecule has 1 aliphatic heterocycles. The molecule has 1 saturated heterocycles. The lowest BCUT2D eigenvalue weighted by Gasteiger charge is -2.35. The van der Waals surface area contributed by atoms with Gasteiger partial charge >= 0.3 is 5.97 Å². The first kappa shape index (κ1) is 19.5. The van der Waals surface area contributed by atoms with Gasteiger partial charge in [0, 0.05) is 0 Å². The molecule has 0 bridgehead atoms. The fraction of sp³-hybridized carbons (Fsp3) is 0.950. The van der Waals surface area contributed by atoms with Gasteiger partial charge in [0.15, 0.2) is 0 Å². The topological polar surface area (TPSA) is 26.3 Å². The number of ether oxygens (including phenoxy) is 1. The summed E-state index contributed by atoms with van der Waals surface area (Å²) in [6.07, 6.45) is 19.6. The van der Waals surface area contributed by atoms with Crippen molar-refractivity contribution in [2.45, 2.75) is 116 Å². The molecule has 0 aromatic heterocycles. The zero-order valence-electron chi connectivity index (χ0n) is 15.1. The molecule has 0 aliphatic carbocycles. The number of rotatable bonds is 15. The number of esters is 1. The van der Waals surface area contributed by atoms with E-state index in [-0.39, 0.29) is 18.0 Å². The van der Waals surface area contributed by atoms with Gasteiger partial charge in [-0.05, 0) is 19.3 Å². The number of carbonyl (C=O) groups is 1. The normalized spacial score (nSPS) is 20.7. The van der Waals surface area contributed by atoms with E-state index in [0.717, 1.165) is 12.8 Å². The van der Waals surface area contributed by atoms with E-state index in [9.17, 15) is 4.79 Å². The summed E-state index contributed by atoms with van der Waals surface area (Å²) in [6, 6.07) is 0. The molecule has 0 radical (unpaired) electrons. The zero-order chi connectivity index (χ0) is 16.0. The Bertz CT molecular complexity index is 275. The molecule has 2 atom stereocenters. The van der Waals surface area contributed by atoms with Crippen molar-refractivity contribution >= 4 is 5.97 Å². The molecule has 0 N–H and O–H groups in total. The average molecular weight is 311 g/mol. The van der Waals surface area contributed by atoms with Crippen LogP contribution in [0.25, 0.3) is 0 Å². The molecule has 1 fully saturated rings. The smallest absolute Gasteiger partial charge is 0.313 e. The fourth-order valence-electron chi connectivity index (χ4n) is 3.41. The van der Waals surface area contributed by atoms with Crippen LogP contribution >= 0.6 is 0 Å². The average Bonchev–Trinajstić information content (AvgIpc) is 2.52. The van der Waals surface area contributed by atoms with Gasteiger partial charge in [0.2, 0.25) is 0 Å².